The van der Waals surface area contributed by atoms with Gasteiger partial charge in [-0.3, -0.25) is 9.59 Å². The lowest BCUT2D eigenvalue weighted by molar-refractivity contribution is -0.116. The van der Waals surface area contributed by atoms with Crippen LogP contribution in [0.5, 0.6) is 0 Å². The molecule has 0 spiro atoms. The van der Waals surface area contributed by atoms with Crippen molar-refractivity contribution in [1.82, 2.24) is 4.57 Å². The number of halogens is 1. The van der Waals surface area contributed by atoms with Crippen molar-refractivity contribution < 1.29 is 13.2 Å². The Balaban J connectivity index is 1.83. The fourth-order valence-electron chi connectivity index (χ4n) is 3.47. The van der Waals surface area contributed by atoms with E-state index >= 15 is 0 Å². The van der Waals surface area contributed by atoms with Crippen molar-refractivity contribution in [3.05, 3.63) is 99.8 Å². The zero-order chi connectivity index (χ0) is 22.9. The topological polar surface area (TPSA) is 85.2 Å². The average molecular weight is 467 g/mol. The molecule has 0 radical (unpaired) electrons. The van der Waals surface area contributed by atoms with Crippen LogP contribution in [0.4, 0.5) is 5.69 Å². The Morgan fingerprint density at radius 3 is 2.47 bits per heavy atom. The highest BCUT2D eigenvalue weighted by Gasteiger charge is 2.24. The van der Waals surface area contributed by atoms with E-state index < -0.39 is 20.2 Å². The first-order chi connectivity index (χ1) is 15.3. The number of nitrogens with one attached hydrogen (secondary N) is 1. The molecule has 3 aromatic carbocycles. The van der Waals surface area contributed by atoms with Crippen molar-refractivity contribution in [3.8, 4) is 0 Å². The van der Waals surface area contributed by atoms with Gasteiger partial charge in [-0.1, -0.05) is 41.9 Å². The van der Waals surface area contributed by atoms with Crippen molar-refractivity contribution in [2.24, 2.45) is 0 Å². The number of aromatic nitrogens is 1. The standard InChI is InChI=1S/C24H19ClN2O4S/c1-16-6-5-7-18(12-16)26-23(28)15-27-14-22(32(30,31)19-8-3-2-4-9-19)24(29)20-13-17(25)10-11-21(20)27/h2-14H,15H2,1H3,(H,26,28). The van der Waals surface area contributed by atoms with Gasteiger partial charge in [0.25, 0.3) is 0 Å². The largest absolute Gasteiger partial charge is 0.336 e. The van der Waals surface area contributed by atoms with Gasteiger partial charge in [-0.25, -0.2) is 8.42 Å². The molecule has 0 aliphatic rings. The summed E-state index contributed by atoms with van der Waals surface area (Å²) < 4.78 is 27.9. The van der Waals surface area contributed by atoms with Crippen molar-refractivity contribution in [2.45, 2.75) is 23.3 Å². The number of carbonyl (C=O) groups is 1. The van der Waals surface area contributed by atoms with E-state index in [1.54, 1.807) is 36.4 Å². The molecule has 1 amide bonds. The molecule has 1 heterocycles. The highest BCUT2D eigenvalue weighted by molar-refractivity contribution is 7.91. The summed E-state index contributed by atoms with van der Waals surface area (Å²) in [5, 5.41) is 3.21. The summed E-state index contributed by atoms with van der Waals surface area (Å²) in [5.74, 6) is -0.362. The third-order valence-electron chi connectivity index (χ3n) is 4.97. The maximum atomic E-state index is 13.2. The summed E-state index contributed by atoms with van der Waals surface area (Å²) in [6, 6.07) is 19.6. The molecule has 0 bridgehead atoms. The fourth-order valence-corrected chi connectivity index (χ4v) is 5.03. The van der Waals surface area contributed by atoms with Gasteiger partial charge in [0.1, 0.15) is 11.4 Å². The smallest absolute Gasteiger partial charge is 0.244 e. The first-order valence-electron chi connectivity index (χ1n) is 9.75. The molecule has 6 nitrogen and oxygen atoms in total. The average Bonchev–Trinajstić information content (AvgIpc) is 2.76. The van der Waals surface area contributed by atoms with Crippen LogP contribution in [0, 0.1) is 6.92 Å². The molecular formula is C24H19ClN2O4S. The van der Waals surface area contributed by atoms with Gasteiger partial charge in [0.15, 0.2) is 0 Å². The summed E-state index contributed by atoms with van der Waals surface area (Å²) in [5.41, 5.74) is 1.36. The Morgan fingerprint density at radius 1 is 1.00 bits per heavy atom. The minimum absolute atomic E-state index is 0.00533. The number of hydrogen-bond acceptors (Lipinski definition) is 4. The van der Waals surface area contributed by atoms with Crippen molar-refractivity contribution in [2.75, 3.05) is 5.32 Å². The predicted molar refractivity (Wildman–Crippen MR) is 125 cm³/mol. The highest BCUT2D eigenvalue weighted by Crippen LogP contribution is 2.23. The minimum Gasteiger partial charge on any atom is -0.336 e. The predicted octanol–water partition coefficient (Wildman–Crippen LogP) is 4.43. The van der Waals surface area contributed by atoms with Gasteiger partial charge in [-0.05, 0) is 55.0 Å². The Morgan fingerprint density at radius 2 is 1.75 bits per heavy atom. The molecule has 0 aliphatic heterocycles. The van der Waals surface area contributed by atoms with Crippen LogP contribution in [-0.2, 0) is 21.2 Å². The first kappa shape index (κ1) is 21.8. The van der Waals surface area contributed by atoms with Crippen LogP contribution in [0.1, 0.15) is 5.56 Å². The Hall–Kier alpha value is -3.42. The minimum atomic E-state index is -4.10. The van der Waals surface area contributed by atoms with Crippen molar-refractivity contribution >= 4 is 43.9 Å². The van der Waals surface area contributed by atoms with E-state index in [4.69, 9.17) is 11.6 Å². The maximum Gasteiger partial charge on any atom is 0.244 e. The molecule has 0 fully saturated rings. The van der Waals surface area contributed by atoms with E-state index in [9.17, 15) is 18.0 Å². The fraction of sp³-hybridized carbons (Fsp3) is 0.0833. The molecule has 4 aromatic rings. The number of carbonyl (C=O) groups excluding carboxylic acids is 1. The molecule has 162 valence electrons. The number of hydrogen-bond donors (Lipinski definition) is 1. The zero-order valence-corrected chi connectivity index (χ0v) is 18.7. The molecule has 1 N–H and O–H groups in total. The molecule has 0 aliphatic carbocycles. The molecule has 32 heavy (non-hydrogen) atoms. The second-order valence-electron chi connectivity index (χ2n) is 7.35. The summed E-state index contributed by atoms with van der Waals surface area (Å²) in [6.45, 7) is 1.72. The first-order valence-corrected chi connectivity index (χ1v) is 11.6. The van der Waals surface area contributed by atoms with Gasteiger partial charge < -0.3 is 9.88 Å². The van der Waals surface area contributed by atoms with Crippen molar-refractivity contribution in [3.63, 3.8) is 0 Å². The Labute approximate surface area is 190 Å². The number of aryl methyl sites for hydroxylation is 1. The number of anilines is 1. The lowest BCUT2D eigenvalue weighted by Gasteiger charge is -2.14. The van der Waals surface area contributed by atoms with E-state index in [1.165, 1.54) is 29.0 Å². The lowest BCUT2D eigenvalue weighted by atomic mass is 10.2. The highest BCUT2D eigenvalue weighted by atomic mass is 35.5. The Bertz CT molecular complexity index is 1500. The maximum absolute atomic E-state index is 13.2. The zero-order valence-electron chi connectivity index (χ0n) is 17.1. The van der Waals surface area contributed by atoms with Gasteiger partial charge in [0.2, 0.25) is 21.2 Å². The second-order valence-corrected chi connectivity index (χ2v) is 9.70. The summed E-state index contributed by atoms with van der Waals surface area (Å²) in [4.78, 5) is 25.4. The van der Waals surface area contributed by atoms with Crippen LogP contribution in [0.3, 0.4) is 0 Å². The molecule has 0 unspecified atom stereocenters. The molecule has 4 rings (SSSR count). The summed E-state index contributed by atoms with van der Waals surface area (Å²) in [6.07, 6.45) is 1.22. The van der Waals surface area contributed by atoms with Gasteiger partial charge in [-0.2, -0.15) is 0 Å². The molecule has 0 atom stereocenters. The molecule has 1 aromatic heterocycles. The quantitative estimate of drug-likeness (QED) is 0.471. The summed E-state index contributed by atoms with van der Waals surface area (Å²) in [7, 11) is -4.10. The van der Waals surface area contributed by atoms with E-state index in [0.717, 1.165) is 5.56 Å². The van der Waals surface area contributed by atoms with Crippen molar-refractivity contribution in [1.29, 1.82) is 0 Å². The van der Waals surface area contributed by atoms with E-state index in [2.05, 4.69) is 5.32 Å². The number of fused-ring (bicyclic) bond motifs is 1. The number of amides is 1. The van der Waals surface area contributed by atoms with E-state index in [0.29, 0.717) is 16.2 Å². The Kier molecular flexibility index (Phi) is 5.86. The van der Waals surface area contributed by atoms with Gasteiger partial charge in [0.05, 0.1) is 10.4 Å². The van der Waals surface area contributed by atoms with Gasteiger partial charge in [-0.15, -0.1) is 0 Å². The second kappa shape index (κ2) is 8.61. The molecule has 0 saturated heterocycles. The van der Waals surface area contributed by atoms with E-state index in [-0.39, 0.29) is 22.7 Å². The number of sulfone groups is 1. The SMILES string of the molecule is Cc1cccc(NC(=O)Cn2cc(S(=O)(=O)c3ccccc3)c(=O)c3cc(Cl)ccc32)c1. The van der Waals surface area contributed by atoms with Crippen LogP contribution in [0.2, 0.25) is 5.02 Å². The normalized spacial score (nSPS) is 11.4. The molecular weight excluding hydrogens is 448 g/mol. The van der Waals surface area contributed by atoms with Crippen LogP contribution in [0.15, 0.2) is 93.6 Å². The van der Waals surface area contributed by atoms with Crippen LogP contribution in [0.25, 0.3) is 10.9 Å². The van der Waals surface area contributed by atoms with Crippen LogP contribution >= 0.6 is 11.6 Å². The van der Waals surface area contributed by atoms with Gasteiger partial charge >= 0.3 is 0 Å². The summed E-state index contributed by atoms with van der Waals surface area (Å²) >= 11 is 6.08. The number of benzene rings is 3. The lowest BCUT2D eigenvalue weighted by Crippen LogP contribution is -2.24. The number of pyridine rings is 1. The number of nitrogens with zero attached hydrogens (tertiary/aromatic N) is 1. The third kappa shape index (κ3) is 4.30. The van der Waals surface area contributed by atoms with Crippen LogP contribution < -0.4 is 10.7 Å². The van der Waals surface area contributed by atoms with Crippen LogP contribution in [-0.4, -0.2) is 18.9 Å². The molecule has 8 heteroatoms. The number of rotatable bonds is 5. The monoisotopic (exact) mass is 466 g/mol. The van der Waals surface area contributed by atoms with Gasteiger partial charge in [0, 0.05) is 22.3 Å². The van der Waals surface area contributed by atoms with E-state index in [1.807, 2.05) is 25.1 Å². The third-order valence-corrected chi connectivity index (χ3v) is 6.97. The molecule has 0 saturated carbocycles.